The number of halogens is 2. The normalized spacial score (nSPS) is 15.3. The molecule has 2 fully saturated rings. The molecule has 4 amide bonds. The van der Waals surface area contributed by atoms with Crippen molar-refractivity contribution in [3.63, 3.8) is 0 Å². The third-order valence-electron chi connectivity index (χ3n) is 12.5. The molecular weight excluding hydrogens is 835 g/mol. The first-order valence-corrected chi connectivity index (χ1v) is 23.3. The Hall–Kier alpha value is -5.20. The van der Waals surface area contributed by atoms with Crippen LogP contribution < -0.4 is 9.80 Å². The van der Waals surface area contributed by atoms with Crippen molar-refractivity contribution in [2.24, 2.45) is 11.8 Å². The molecule has 0 spiro atoms. The van der Waals surface area contributed by atoms with Crippen LogP contribution in [0.2, 0.25) is 10.0 Å². The second-order valence-electron chi connectivity index (χ2n) is 16.9. The number of carbonyl (C=O) groups excluding carboxylic acids is 4. The lowest BCUT2D eigenvalue weighted by atomic mass is 10.0. The summed E-state index contributed by atoms with van der Waals surface area (Å²) < 4.78 is 0. The van der Waals surface area contributed by atoms with Crippen molar-refractivity contribution in [3.05, 3.63) is 117 Å². The van der Waals surface area contributed by atoms with Crippen LogP contribution in [0.1, 0.15) is 92.1 Å². The van der Waals surface area contributed by atoms with Crippen LogP contribution in [0.3, 0.4) is 0 Å². The summed E-state index contributed by atoms with van der Waals surface area (Å²) >= 11 is 12.8. The molecule has 6 rings (SSSR count). The first-order chi connectivity index (χ1) is 30.4. The second kappa shape index (κ2) is 22.4. The number of aromatic nitrogens is 2. The van der Waals surface area contributed by atoms with Crippen molar-refractivity contribution in [1.82, 2.24) is 29.8 Å². The number of anilines is 2. The molecule has 2 aliphatic rings. The molecule has 12 nitrogen and oxygen atoms in total. The minimum Gasteiger partial charge on any atom is -0.353 e. The van der Waals surface area contributed by atoms with Gasteiger partial charge < -0.3 is 19.6 Å². The van der Waals surface area contributed by atoms with E-state index >= 15 is 0 Å². The van der Waals surface area contributed by atoms with Gasteiger partial charge in [0, 0.05) is 93.7 Å². The van der Waals surface area contributed by atoms with E-state index in [1.165, 1.54) is 5.01 Å². The van der Waals surface area contributed by atoms with E-state index in [0.717, 1.165) is 42.0 Å². The Bertz CT molecular complexity index is 2150. The van der Waals surface area contributed by atoms with Crippen molar-refractivity contribution >= 4 is 58.5 Å². The van der Waals surface area contributed by atoms with E-state index < -0.39 is 6.04 Å². The van der Waals surface area contributed by atoms with Crippen LogP contribution in [-0.4, -0.2) is 118 Å². The predicted molar refractivity (Wildman–Crippen MR) is 251 cm³/mol. The van der Waals surface area contributed by atoms with Gasteiger partial charge in [0.1, 0.15) is 11.6 Å². The smallest absolute Gasteiger partial charge is 0.274 e. The summed E-state index contributed by atoms with van der Waals surface area (Å²) in [5.41, 5.74) is 2.49. The van der Waals surface area contributed by atoms with Gasteiger partial charge in [-0.25, -0.2) is 20.0 Å². The number of rotatable bonds is 16. The van der Waals surface area contributed by atoms with Gasteiger partial charge in [0.2, 0.25) is 11.8 Å². The van der Waals surface area contributed by atoms with E-state index in [4.69, 9.17) is 33.2 Å². The van der Waals surface area contributed by atoms with Crippen molar-refractivity contribution < 1.29 is 19.2 Å². The van der Waals surface area contributed by atoms with Gasteiger partial charge in [-0.3, -0.25) is 19.2 Å². The Morgan fingerprint density at radius 2 is 1.17 bits per heavy atom. The van der Waals surface area contributed by atoms with Crippen molar-refractivity contribution in [3.8, 4) is 0 Å². The molecule has 2 saturated heterocycles. The monoisotopic (exact) mass is 896 g/mol. The fourth-order valence-corrected chi connectivity index (χ4v) is 8.79. The van der Waals surface area contributed by atoms with Crippen LogP contribution in [0.4, 0.5) is 11.6 Å². The SMILES string of the molecule is CCC(C)CC(=O)N1CCN(c2ccc(C(=O)N(CCc3cccc(Cl)c3)N(C(=O)c3ccc(N4CCN(C(=O)C(CC)CC)CC4)nc3)C(C)Cc3cccc(Cl)c3)cn2)CC1. The van der Waals surface area contributed by atoms with E-state index in [9.17, 15) is 19.2 Å². The molecule has 2 aromatic heterocycles. The molecule has 336 valence electrons. The van der Waals surface area contributed by atoms with Crippen LogP contribution in [0, 0.1) is 11.8 Å². The predicted octanol–water partition coefficient (Wildman–Crippen LogP) is 8.33. The summed E-state index contributed by atoms with van der Waals surface area (Å²) in [5, 5.41) is 4.24. The minimum atomic E-state index is -0.494. The highest BCUT2D eigenvalue weighted by Crippen LogP contribution is 2.25. The zero-order valence-corrected chi connectivity index (χ0v) is 38.9. The summed E-state index contributed by atoms with van der Waals surface area (Å²) in [6.07, 6.45) is 7.17. The number of amides is 4. The maximum atomic E-state index is 15.0. The average Bonchev–Trinajstić information content (AvgIpc) is 3.30. The Kier molecular flexibility index (Phi) is 16.8. The molecule has 4 heterocycles. The molecular formula is C49H62Cl2N8O4. The maximum Gasteiger partial charge on any atom is 0.274 e. The van der Waals surface area contributed by atoms with E-state index in [2.05, 4.69) is 37.5 Å². The first-order valence-electron chi connectivity index (χ1n) is 22.5. The summed E-state index contributed by atoms with van der Waals surface area (Å²) in [5.74, 6) is 1.47. The largest absolute Gasteiger partial charge is 0.353 e. The second-order valence-corrected chi connectivity index (χ2v) is 17.7. The van der Waals surface area contributed by atoms with Crippen molar-refractivity contribution in [2.75, 3.05) is 68.7 Å². The van der Waals surface area contributed by atoms with Gasteiger partial charge in [-0.05, 0) is 98.2 Å². The molecule has 4 aromatic rings. The van der Waals surface area contributed by atoms with Crippen LogP contribution in [0.5, 0.6) is 0 Å². The Morgan fingerprint density at radius 3 is 1.68 bits per heavy atom. The Morgan fingerprint density at radius 1 is 0.651 bits per heavy atom. The average molecular weight is 898 g/mol. The lowest BCUT2D eigenvalue weighted by Gasteiger charge is -2.39. The molecule has 0 aliphatic carbocycles. The number of carbonyl (C=O) groups is 4. The lowest BCUT2D eigenvalue weighted by Crippen LogP contribution is -2.55. The number of nitrogens with zero attached hydrogens (tertiary/aromatic N) is 8. The molecule has 2 aromatic carbocycles. The molecule has 0 saturated carbocycles. The van der Waals surface area contributed by atoms with E-state index in [0.29, 0.717) is 98.7 Å². The van der Waals surface area contributed by atoms with Gasteiger partial charge in [-0.15, -0.1) is 0 Å². The zero-order valence-electron chi connectivity index (χ0n) is 37.4. The van der Waals surface area contributed by atoms with Gasteiger partial charge in [0.15, 0.2) is 0 Å². The van der Waals surface area contributed by atoms with Gasteiger partial charge in [0.25, 0.3) is 11.8 Å². The highest BCUT2D eigenvalue weighted by molar-refractivity contribution is 6.30. The molecule has 63 heavy (non-hydrogen) atoms. The number of hydrogen-bond acceptors (Lipinski definition) is 8. The molecule has 14 heteroatoms. The molecule has 0 radical (unpaired) electrons. The molecule has 2 unspecified atom stereocenters. The Labute approximate surface area is 383 Å². The van der Waals surface area contributed by atoms with Gasteiger partial charge in [-0.1, -0.05) is 81.6 Å². The fraction of sp³-hybridized carbons (Fsp3) is 0.469. The van der Waals surface area contributed by atoms with Crippen LogP contribution in [-0.2, 0) is 22.4 Å². The van der Waals surface area contributed by atoms with Crippen LogP contribution >= 0.6 is 23.2 Å². The number of hydrogen-bond donors (Lipinski definition) is 0. The zero-order chi connectivity index (χ0) is 45.0. The molecule has 0 N–H and O–H groups in total. The van der Waals surface area contributed by atoms with E-state index in [-0.39, 0.29) is 36.1 Å². The van der Waals surface area contributed by atoms with Gasteiger partial charge in [0.05, 0.1) is 17.2 Å². The maximum absolute atomic E-state index is 15.0. The highest BCUT2D eigenvalue weighted by atomic mass is 35.5. The van der Waals surface area contributed by atoms with Crippen molar-refractivity contribution in [1.29, 1.82) is 0 Å². The lowest BCUT2D eigenvalue weighted by molar-refractivity contribution is -0.136. The molecule has 0 bridgehead atoms. The van der Waals surface area contributed by atoms with Crippen LogP contribution in [0.15, 0.2) is 85.2 Å². The number of hydrazine groups is 1. The summed E-state index contributed by atoms with van der Waals surface area (Å²) in [6, 6.07) is 21.7. The van der Waals surface area contributed by atoms with Crippen molar-refractivity contribution in [2.45, 2.75) is 79.2 Å². The minimum absolute atomic E-state index is 0.0428. The summed E-state index contributed by atoms with van der Waals surface area (Å²) in [6.45, 7) is 15.4. The topological polar surface area (TPSA) is 114 Å². The molecule has 2 aliphatic heterocycles. The number of pyridine rings is 2. The highest BCUT2D eigenvalue weighted by Gasteiger charge is 2.33. The van der Waals surface area contributed by atoms with Gasteiger partial charge in [-0.2, -0.15) is 0 Å². The van der Waals surface area contributed by atoms with E-state index in [1.807, 2.05) is 71.3 Å². The quantitative estimate of drug-likeness (QED) is 0.103. The number of benzene rings is 2. The third-order valence-corrected chi connectivity index (χ3v) is 12.9. The van der Waals surface area contributed by atoms with Gasteiger partial charge >= 0.3 is 0 Å². The summed E-state index contributed by atoms with van der Waals surface area (Å²) in [7, 11) is 0. The van der Waals surface area contributed by atoms with E-state index in [1.54, 1.807) is 35.6 Å². The number of piperazine rings is 2. The standard InChI is InChI=1S/C49H62Cl2N8O4/c1-6-35(4)29-46(60)56-25-21-54(22-26-56)44-17-15-40(33-52-44)48(62)58(20-19-37-11-9-13-42(50)31-37)59(36(5)30-38-12-10-14-43(51)32-38)49(63)41-16-18-45(53-34-41)55-23-27-57(28-24-55)47(61)39(7-2)8-3/h9-18,31-36,39H,6-8,19-30H2,1-5H3. The third kappa shape index (κ3) is 12.3. The first kappa shape index (κ1) is 47.3. The summed E-state index contributed by atoms with van der Waals surface area (Å²) in [4.78, 5) is 73.4. The van der Waals surface area contributed by atoms with Crippen LogP contribution in [0.25, 0.3) is 0 Å². The Balaban J connectivity index is 1.25. The fourth-order valence-electron chi connectivity index (χ4n) is 8.36. The molecule has 2 atom stereocenters.